The second-order valence-corrected chi connectivity index (χ2v) is 19.3. The van der Waals surface area contributed by atoms with E-state index < -0.39 is 50.8 Å². The maximum Gasteiger partial charge on any atom is 0.240 e. The predicted octanol–water partition coefficient (Wildman–Crippen LogP) is 6.37. The number of likely N-dealkylation sites (tertiary alicyclic amines) is 1. The van der Waals surface area contributed by atoms with Gasteiger partial charge in [-0.2, -0.15) is 0 Å². The zero-order valence-electron chi connectivity index (χ0n) is 33.7. The zero-order chi connectivity index (χ0) is 42.2. The molecular formula is C44H51ClFN5O8S. The molecule has 3 aliphatic heterocycles. The lowest BCUT2D eigenvalue weighted by atomic mass is 9.90. The third-order valence-corrected chi connectivity index (χ3v) is 15.0. The van der Waals surface area contributed by atoms with E-state index in [0.717, 1.165) is 19.3 Å². The first-order valence-electron chi connectivity index (χ1n) is 21.1. The van der Waals surface area contributed by atoms with E-state index in [9.17, 15) is 32.0 Å². The van der Waals surface area contributed by atoms with Gasteiger partial charge in [0.2, 0.25) is 27.7 Å². The van der Waals surface area contributed by atoms with Crippen molar-refractivity contribution in [3.63, 3.8) is 0 Å². The summed E-state index contributed by atoms with van der Waals surface area (Å²) in [7, 11) is -2.38. The van der Waals surface area contributed by atoms with Crippen LogP contribution in [0.15, 0.2) is 54.7 Å². The number of amides is 3. The minimum Gasteiger partial charge on any atom is -0.495 e. The van der Waals surface area contributed by atoms with Crippen LogP contribution in [0.2, 0.25) is 5.02 Å². The highest BCUT2D eigenvalue weighted by molar-refractivity contribution is 7.90. The average Bonchev–Trinajstić information content (AvgIpc) is 4.17. The smallest absolute Gasteiger partial charge is 0.240 e. The largest absolute Gasteiger partial charge is 0.495 e. The molecule has 3 aromatic rings. The highest BCUT2D eigenvalue weighted by Crippen LogP contribution is 2.57. The van der Waals surface area contributed by atoms with Crippen molar-refractivity contribution >= 4 is 56.0 Å². The van der Waals surface area contributed by atoms with Gasteiger partial charge in [0, 0.05) is 55.9 Å². The van der Waals surface area contributed by atoms with Crippen molar-refractivity contribution in [2.75, 3.05) is 26.7 Å². The molecule has 5 atom stereocenters. The van der Waals surface area contributed by atoms with Crippen molar-refractivity contribution in [2.24, 2.45) is 17.3 Å². The number of pyridine rings is 2. The van der Waals surface area contributed by atoms with Gasteiger partial charge in [-0.05, 0) is 81.5 Å². The fourth-order valence-corrected chi connectivity index (χ4v) is 10.7. The molecule has 2 aromatic heterocycles. The second kappa shape index (κ2) is 17.4. The summed E-state index contributed by atoms with van der Waals surface area (Å²) in [6.45, 7) is 0.580. The fourth-order valence-electron chi connectivity index (χ4n) is 9.05. The van der Waals surface area contributed by atoms with Crippen molar-refractivity contribution in [2.45, 2.75) is 107 Å². The summed E-state index contributed by atoms with van der Waals surface area (Å²) in [6, 6.07) is 9.64. The summed E-state index contributed by atoms with van der Waals surface area (Å²) in [6.07, 6.45) is 8.82. The van der Waals surface area contributed by atoms with Crippen molar-refractivity contribution in [1.29, 1.82) is 0 Å². The van der Waals surface area contributed by atoms with Crippen LogP contribution < -0.4 is 14.2 Å². The molecule has 320 valence electrons. The van der Waals surface area contributed by atoms with Gasteiger partial charge in [-0.15, -0.1) is 0 Å². The predicted molar refractivity (Wildman–Crippen MR) is 222 cm³/mol. The molecule has 5 heterocycles. The van der Waals surface area contributed by atoms with E-state index in [4.69, 9.17) is 26.1 Å². The SMILES string of the molecule is COc1ccc2c(O[C@@H]3C[C@H]4C(=O)C[C@]5(C(=O)NS(=O)(=O)C6CC6)C[C@H]5/C=C\CCCCC[C@H](CC(=O)N5CCC(F)CC5)C(=O)N4C3)cc(-c3ccccn3)nc2c1Cl. The minimum absolute atomic E-state index is 0.0123. The number of rotatable bonds is 9. The van der Waals surface area contributed by atoms with Crippen LogP contribution in [0.5, 0.6) is 11.5 Å². The van der Waals surface area contributed by atoms with Crippen molar-refractivity contribution in [3.05, 3.63) is 59.8 Å². The number of ether oxygens (including phenoxy) is 2. The number of aromatic nitrogens is 2. The Morgan fingerprint density at radius 3 is 2.55 bits per heavy atom. The van der Waals surface area contributed by atoms with Crippen LogP contribution in [0.1, 0.15) is 83.5 Å². The van der Waals surface area contributed by atoms with Gasteiger partial charge >= 0.3 is 0 Å². The molecule has 0 radical (unpaired) electrons. The Morgan fingerprint density at radius 2 is 1.82 bits per heavy atom. The lowest BCUT2D eigenvalue weighted by molar-refractivity contribution is -0.145. The molecule has 60 heavy (non-hydrogen) atoms. The molecule has 2 aliphatic carbocycles. The van der Waals surface area contributed by atoms with E-state index in [-0.39, 0.29) is 80.3 Å². The number of nitrogens with zero attached hydrogens (tertiary/aromatic N) is 4. The number of allylic oxidation sites excluding steroid dienone is 2. The number of nitrogens with one attached hydrogen (secondary N) is 1. The Labute approximate surface area is 354 Å². The molecule has 0 unspecified atom stereocenters. The van der Waals surface area contributed by atoms with Crippen LogP contribution in [0.3, 0.4) is 0 Å². The Bertz CT molecular complexity index is 2290. The third-order valence-electron chi connectivity index (χ3n) is 12.8. The summed E-state index contributed by atoms with van der Waals surface area (Å²) in [5.74, 6) is -1.92. The number of carbonyl (C=O) groups excluding carboxylic acids is 4. The number of fused-ring (bicyclic) bond motifs is 3. The number of methoxy groups -OCH3 is 1. The number of hydrogen-bond acceptors (Lipinski definition) is 10. The number of Topliss-reactive ketones (excluding diaryl/α,β-unsaturated/α-hetero) is 1. The number of halogens is 2. The number of piperidine rings is 1. The molecule has 8 rings (SSSR count). The molecule has 1 aromatic carbocycles. The van der Waals surface area contributed by atoms with Gasteiger partial charge in [0.15, 0.2) is 5.78 Å². The lowest BCUT2D eigenvalue weighted by Gasteiger charge is -2.32. The summed E-state index contributed by atoms with van der Waals surface area (Å²) in [4.78, 5) is 69.7. The Hall–Kier alpha value is -4.63. The maximum absolute atomic E-state index is 14.9. The Balaban J connectivity index is 1.13. The monoisotopic (exact) mass is 863 g/mol. The fraction of sp³-hybridized carbons (Fsp3) is 0.545. The first-order chi connectivity index (χ1) is 28.9. The van der Waals surface area contributed by atoms with E-state index in [1.165, 1.54) is 12.0 Å². The quantitative estimate of drug-likeness (QED) is 0.239. The molecule has 2 saturated carbocycles. The molecule has 16 heteroatoms. The van der Waals surface area contributed by atoms with Gasteiger partial charge in [0.1, 0.15) is 28.8 Å². The molecular weight excluding hydrogens is 813 g/mol. The number of sulfonamides is 1. The maximum atomic E-state index is 14.9. The number of carbonyl (C=O) groups is 4. The third kappa shape index (κ3) is 8.88. The molecule has 13 nitrogen and oxygen atoms in total. The highest BCUT2D eigenvalue weighted by atomic mass is 35.5. The summed E-state index contributed by atoms with van der Waals surface area (Å²) < 4.78 is 54.5. The van der Waals surface area contributed by atoms with E-state index >= 15 is 0 Å². The van der Waals surface area contributed by atoms with Gasteiger partial charge in [-0.3, -0.25) is 28.9 Å². The topological polar surface area (TPSA) is 165 Å². The number of benzene rings is 1. The van der Waals surface area contributed by atoms with Gasteiger partial charge in [0.05, 0.1) is 47.3 Å². The van der Waals surface area contributed by atoms with Gasteiger partial charge in [0.25, 0.3) is 0 Å². The standard InChI is InChI=1S/C44H51ClFN5O8S/c1-58-37-15-14-32-38(23-34(48-41(32)40(37)45)33-11-7-8-18-47-33)59-30-22-35-36(52)25-44(43(55)49-60(56,57)31-12-13-31)24-28(44)10-6-4-2-3-5-9-27(42(54)51(35)26-30)21-39(53)50-19-16-29(46)17-20-50/h6-8,10-11,14-15,18,23,27-31,35H,2-5,9,12-13,16-17,19-22,24-26H2,1H3,(H,49,55)/b10-6-/t27-,28-,30-,35+,44-/m1/s1. The second-order valence-electron chi connectivity index (χ2n) is 17.0. The first-order valence-corrected chi connectivity index (χ1v) is 23.0. The van der Waals surface area contributed by atoms with Crippen molar-refractivity contribution in [1.82, 2.24) is 24.5 Å². The minimum atomic E-state index is -3.88. The van der Waals surface area contributed by atoms with E-state index in [1.54, 1.807) is 41.4 Å². The van der Waals surface area contributed by atoms with Crippen molar-refractivity contribution < 1.29 is 41.5 Å². The molecule has 0 spiro atoms. The molecule has 3 amide bonds. The number of hydrogen-bond donors (Lipinski definition) is 1. The summed E-state index contributed by atoms with van der Waals surface area (Å²) in [5, 5.41) is 0.222. The molecule has 1 N–H and O–H groups in total. The van der Waals surface area contributed by atoms with Gasteiger partial charge in [-0.25, -0.2) is 17.8 Å². The van der Waals surface area contributed by atoms with Crippen LogP contribution >= 0.6 is 11.6 Å². The van der Waals surface area contributed by atoms with Crippen LogP contribution in [0, 0.1) is 17.3 Å². The van der Waals surface area contributed by atoms with Crippen LogP contribution in [0.25, 0.3) is 22.3 Å². The zero-order valence-corrected chi connectivity index (χ0v) is 35.3. The van der Waals surface area contributed by atoms with E-state index in [2.05, 4.69) is 9.71 Å². The Morgan fingerprint density at radius 1 is 1.02 bits per heavy atom. The van der Waals surface area contributed by atoms with Crippen LogP contribution in [-0.2, 0) is 29.2 Å². The lowest BCUT2D eigenvalue weighted by Crippen LogP contribution is -2.47. The molecule has 5 aliphatic rings. The molecule has 4 fully saturated rings. The average molecular weight is 864 g/mol. The number of ketones is 1. The molecule has 2 saturated heterocycles. The van der Waals surface area contributed by atoms with Gasteiger partial charge in [-0.1, -0.05) is 42.7 Å². The van der Waals surface area contributed by atoms with Crippen LogP contribution in [-0.4, -0.2) is 102 Å². The normalized spacial score (nSPS) is 27.3. The van der Waals surface area contributed by atoms with Gasteiger partial charge < -0.3 is 19.3 Å². The van der Waals surface area contributed by atoms with E-state index in [1.807, 2.05) is 18.2 Å². The molecule has 0 bridgehead atoms. The first kappa shape index (κ1) is 42.1. The highest BCUT2D eigenvalue weighted by Gasteiger charge is 2.61. The summed E-state index contributed by atoms with van der Waals surface area (Å²) in [5.41, 5.74) is 0.170. The van der Waals surface area contributed by atoms with Crippen molar-refractivity contribution in [3.8, 4) is 22.9 Å². The number of alkyl halides is 1. The van der Waals surface area contributed by atoms with E-state index in [0.29, 0.717) is 65.9 Å². The Kier molecular flexibility index (Phi) is 12.2. The summed E-state index contributed by atoms with van der Waals surface area (Å²) >= 11 is 6.81. The van der Waals surface area contributed by atoms with Crippen LogP contribution in [0.4, 0.5) is 4.39 Å².